The van der Waals surface area contributed by atoms with Crippen LogP contribution in [0.5, 0.6) is 5.75 Å². The van der Waals surface area contributed by atoms with Crippen LogP contribution in [0.2, 0.25) is 0 Å². The summed E-state index contributed by atoms with van der Waals surface area (Å²) in [5.74, 6) is 1.76. The second-order valence-electron chi connectivity index (χ2n) is 6.83. The van der Waals surface area contributed by atoms with Crippen LogP contribution in [0, 0.1) is 0 Å². The Morgan fingerprint density at radius 2 is 1.90 bits per heavy atom. The summed E-state index contributed by atoms with van der Waals surface area (Å²) in [5.41, 5.74) is 3.74. The van der Waals surface area contributed by atoms with Gasteiger partial charge in [0.25, 0.3) is 0 Å². The van der Waals surface area contributed by atoms with Crippen LogP contribution in [0.1, 0.15) is 16.7 Å². The lowest BCUT2D eigenvalue weighted by Crippen LogP contribution is -2.42. The molecule has 6 nitrogen and oxygen atoms in total. The first kappa shape index (κ1) is 21.2. The number of rotatable bonds is 6. The first-order valence-corrected chi connectivity index (χ1v) is 9.55. The molecule has 2 heterocycles. The van der Waals surface area contributed by atoms with E-state index in [1.807, 2.05) is 29.1 Å². The molecule has 0 fully saturated rings. The van der Waals surface area contributed by atoms with E-state index in [0.29, 0.717) is 13.1 Å². The number of fused-ring (bicyclic) bond motifs is 1. The number of guanidine groups is 1. The smallest absolute Gasteiger partial charge is 0.191 e. The van der Waals surface area contributed by atoms with Gasteiger partial charge >= 0.3 is 0 Å². The predicted octanol–water partition coefficient (Wildman–Crippen LogP) is 3.22. The topological polar surface area (TPSA) is 63.5 Å². The van der Waals surface area contributed by atoms with Crippen molar-refractivity contribution in [3.8, 4) is 5.75 Å². The Morgan fingerprint density at radius 1 is 1.10 bits per heavy atom. The molecular weight excluding hydrogens is 477 g/mol. The van der Waals surface area contributed by atoms with Gasteiger partial charge in [-0.2, -0.15) is 5.10 Å². The molecule has 0 saturated heterocycles. The monoisotopic (exact) mass is 503 g/mol. The quantitative estimate of drug-likeness (QED) is 0.308. The fourth-order valence-corrected chi connectivity index (χ4v) is 3.43. The van der Waals surface area contributed by atoms with Crippen molar-refractivity contribution in [1.29, 1.82) is 0 Å². The van der Waals surface area contributed by atoms with Gasteiger partial charge in [-0.15, -0.1) is 24.0 Å². The minimum Gasteiger partial charge on any atom is -0.488 e. The standard InChI is InChI=1S/C22H25N5O.HI/c1-23-22(25-15-20-13-17-7-4-5-10-21(17)28-20)24-14-18-8-2-3-9-19(18)16-27-12-6-11-26-27;/h2-12,20H,13-16H2,1H3,(H2,23,24,25);1H. The molecule has 0 bridgehead atoms. The average Bonchev–Trinajstić information content (AvgIpc) is 3.38. The summed E-state index contributed by atoms with van der Waals surface area (Å²) in [5, 5.41) is 11.1. The molecule has 4 rings (SSSR count). The largest absolute Gasteiger partial charge is 0.488 e. The lowest BCUT2D eigenvalue weighted by atomic mass is 10.1. The maximum atomic E-state index is 5.99. The summed E-state index contributed by atoms with van der Waals surface area (Å²) in [6.07, 6.45) is 4.83. The highest BCUT2D eigenvalue weighted by atomic mass is 127. The first-order valence-electron chi connectivity index (χ1n) is 9.55. The Bertz CT molecular complexity index is 917. The van der Waals surface area contributed by atoms with E-state index in [9.17, 15) is 0 Å². The molecule has 1 aromatic heterocycles. The van der Waals surface area contributed by atoms with E-state index in [0.717, 1.165) is 24.7 Å². The molecule has 0 radical (unpaired) electrons. The summed E-state index contributed by atoms with van der Waals surface area (Å²) in [6, 6.07) is 18.5. The number of halogens is 1. The van der Waals surface area contributed by atoms with Gasteiger partial charge in [0.1, 0.15) is 11.9 Å². The molecule has 1 atom stereocenters. The normalized spacial score (nSPS) is 15.2. The van der Waals surface area contributed by atoms with Crippen molar-refractivity contribution in [2.24, 2.45) is 4.99 Å². The van der Waals surface area contributed by atoms with Crippen LogP contribution in [-0.2, 0) is 19.5 Å². The van der Waals surface area contributed by atoms with E-state index in [1.54, 1.807) is 13.2 Å². The molecule has 3 aromatic rings. The Labute approximate surface area is 188 Å². The van der Waals surface area contributed by atoms with Crippen LogP contribution in [-0.4, -0.2) is 35.4 Å². The average molecular weight is 503 g/mol. The number of nitrogens with zero attached hydrogens (tertiary/aromatic N) is 3. The second-order valence-corrected chi connectivity index (χ2v) is 6.83. The molecule has 2 aromatic carbocycles. The number of aromatic nitrogens is 2. The third-order valence-electron chi connectivity index (χ3n) is 4.89. The van der Waals surface area contributed by atoms with E-state index >= 15 is 0 Å². The summed E-state index contributed by atoms with van der Waals surface area (Å²) < 4.78 is 7.92. The fourth-order valence-electron chi connectivity index (χ4n) is 3.43. The van der Waals surface area contributed by atoms with Crippen LogP contribution < -0.4 is 15.4 Å². The molecule has 7 heteroatoms. The predicted molar refractivity (Wildman–Crippen MR) is 126 cm³/mol. The third kappa shape index (κ3) is 5.50. The molecule has 0 saturated carbocycles. The van der Waals surface area contributed by atoms with Crippen LogP contribution in [0.25, 0.3) is 0 Å². The van der Waals surface area contributed by atoms with Crippen molar-refractivity contribution in [3.63, 3.8) is 0 Å². The highest BCUT2D eigenvalue weighted by molar-refractivity contribution is 14.0. The molecule has 2 N–H and O–H groups in total. The summed E-state index contributed by atoms with van der Waals surface area (Å²) >= 11 is 0. The number of benzene rings is 2. The van der Waals surface area contributed by atoms with Gasteiger partial charge < -0.3 is 15.4 Å². The highest BCUT2D eigenvalue weighted by Crippen LogP contribution is 2.27. The lowest BCUT2D eigenvalue weighted by molar-refractivity contribution is 0.235. The molecule has 0 spiro atoms. The summed E-state index contributed by atoms with van der Waals surface area (Å²) in [4.78, 5) is 4.34. The zero-order valence-electron chi connectivity index (χ0n) is 16.4. The second kappa shape index (κ2) is 10.3. The first-order chi connectivity index (χ1) is 13.8. The van der Waals surface area contributed by atoms with Crippen molar-refractivity contribution in [3.05, 3.63) is 83.7 Å². The number of para-hydroxylation sites is 1. The van der Waals surface area contributed by atoms with Crippen molar-refractivity contribution in [1.82, 2.24) is 20.4 Å². The van der Waals surface area contributed by atoms with Crippen molar-refractivity contribution < 1.29 is 4.74 Å². The van der Waals surface area contributed by atoms with Crippen LogP contribution in [0.15, 0.2) is 72.0 Å². The number of hydrogen-bond acceptors (Lipinski definition) is 3. The van der Waals surface area contributed by atoms with E-state index in [-0.39, 0.29) is 30.1 Å². The Balaban J connectivity index is 0.00000240. The van der Waals surface area contributed by atoms with Gasteiger partial charge in [0, 0.05) is 32.4 Å². The Morgan fingerprint density at radius 3 is 2.66 bits per heavy atom. The van der Waals surface area contributed by atoms with E-state index < -0.39 is 0 Å². The number of aliphatic imine (C=N–C) groups is 1. The Kier molecular flexibility index (Phi) is 7.51. The third-order valence-corrected chi connectivity index (χ3v) is 4.89. The van der Waals surface area contributed by atoms with Gasteiger partial charge in [-0.05, 0) is 28.8 Å². The van der Waals surface area contributed by atoms with Crippen molar-refractivity contribution in [2.45, 2.75) is 25.6 Å². The minimum absolute atomic E-state index is 0. The molecule has 0 aliphatic carbocycles. The molecule has 0 amide bonds. The van der Waals surface area contributed by atoms with Gasteiger partial charge in [0.2, 0.25) is 0 Å². The molecule has 152 valence electrons. The fraction of sp³-hybridized carbons (Fsp3) is 0.273. The van der Waals surface area contributed by atoms with Crippen LogP contribution >= 0.6 is 24.0 Å². The zero-order valence-corrected chi connectivity index (χ0v) is 18.7. The highest BCUT2D eigenvalue weighted by Gasteiger charge is 2.22. The maximum absolute atomic E-state index is 5.99. The van der Waals surface area contributed by atoms with E-state index in [4.69, 9.17) is 4.74 Å². The van der Waals surface area contributed by atoms with Gasteiger partial charge in [-0.3, -0.25) is 9.67 Å². The van der Waals surface area contributed by atoms with E-state index in [1.165, 1.54) is 16.7 Å². The van der Waals surface area contributed by atoms with Gasteiger partial charge in [-0.25, -0.2) is 0 Å². The summed E-state index contributed by atoms with van der Waals surface area (Å²) in [6.45, 7) is 2.16. The zero-order chi connectivity index (χ0) is 19.2. The number of hydrogen-bond donors (Lipinski definition) is 2. The van der Waals surface area contributed by atoms with Crippen LogP contribution in [0.3, 0.4) is 0 Å². The summed E-state index contributed by atoms with van der Waals surface area (Å²) in [7, 11) is 1.79. The number of nitrogens with one attached hydrogen (secondary N) is 2. The molecule has 1 unspecified atom stereocenters. The molecule has 29 heavy (non-hydrogen) atoms. The van der Waals surface area contributed by atoms with Crippen molar-refractivity contribution >= 4 is 29.9 Å². The van der Waals surface area contributed by atoms with Gasteiger partial charge in [0.05, 0.1) is 13.1 Å². The van der Waals surface area contributed by atoms with Crippen LogP contribution in [0.4, 0.5) is 0 Å². The molecule has 1 aliphatic rings. The number of ether oxygens (including phenoxy) is 1. The Hall–Kier alpha value is -2.55. The van der Waals surface area contributed by atoms with Gasteiger partial charge in [0.15, 0.2) is 5.96 Å². The lowest BCUT2D eigenvalue weighted by Gasteiger charge is -2.17. The molecular formula is C22H26IN5O. The SMILES string of the molecule is CN=C(NCc1ccccc1Cn1cccn1)NCC1Cc2ccccc2O1.I. The van der Waals surface area contributed by atoms with Gasteiger partial charge in [-0.1, -0.05) is 42.5 Å². The van der Waals surface area contributed by atoms with Crippen molar-refractivity contribution in [2.75, 3.05) is 13.6 Å². The maximum Gasteiger partial charge on any atom is 0.191 e. The minimum atomic E-state index is 0. The van der Waals surface area contributed by atoms with E-state index in [2.05, 4.69) is 57.1 Å². The molecule has 1 aliphatic heterocycles.